The third kappa shape index (κ3) is 3.52. The highest BCUT2D eigenvalue weighted by Gasteiger charge is 2.30. The van der Waals surface area contributed by atoms with Crippen molar-refractivity contribution in [3.8, 4) is 0 Å². The maximum absolute atomic E-state index is 4.82. The Morgan fingerprint density at radius 1 is 0.929 bits per heavy atom. The van der Waals surface area contributed by atoms with Gasteiger partial charge in [0.1, 0.15) is 5.82 Å². The SMILES string of the molecule is Cc1nc2ccccc2nc1CSc1nnc(C2CC2)n1Cc1ccccc1. The molecule has 28 heavy (non-hydrogen) atoms. The van der Waals surface area contributed by atoms with Crippen molar-refractivity contribution in [2.45, 2.75) is 43.1 Å². The molecular weight excluding hydrogens is 366 g/mol. The van der Waals surface area contributed by atoms with Gasteiger partial charge in [-0.05, 0) is 37.5 Å². The molecule has 0 unspecified atom stereocenters. The van der Waals surface area contributed by atoms with Gasteiger partial charge in [-0.2, -0.15) is 0 Å². The van der Waals surface area contributed by atoms with Crippen molar-refractivity contribution in [1.82, 2.24) is 24.7 Å². The van der Waals surface area contributed by atoms with Crippen molar-refractivity contribution >= 4 is 22.8 Å². The fraction of sp³-hybridized carbons (Fsp3) is 0.273. The highest BCUT2D eigenvalue weighted by Crippen LogP contribution is 2.40. The molecule has 2 aromatic carbocycles. The lowest BCUT2D eigenvalue weighted by Gasteiger charge is -2.10. The zero-order valence-electron chi connectivity index (χ0n) is 15.7. The average molecular weight is 388 g/mol. The molecule has 0 atom stereocenters. The molecule has 0 aliphatic heterocycles. The molecule has 5 rings (SSSR count). The fourth-order valence-electron chi connectivity index (χ4n) is 3.36. The number of hydrogen-bond donors (Lipinski definition) is 0. The molecule has 0 N–H and O–H groups in total. The summed E-state index contributed by atoms with van der Waals surface area (Å²) in [4.78, 5) is 9.52. The van der Waals surface area contributed by atoms with Crippen LogP contribution in [0.5, 0.6) is 0 Å². The van der Waals surface area contributed by atoms with Crippen LogP contribution in [0.4, 0.5) is 0 Å². The number of hydrogen-bond acceptors (Lipinski definition) is 5. The van der Waals surface area contributed by atoms with E-state index in [9.17, 15) is 0 Å². The van der Waals surface area contributed by atoms with Crippen LogP contribution in [0.3, 0.4) is 0 Å². The molecule has 1 aliphatic rings. The Morgan fingerprint density at radius 3 is 2.39 bits per heavy atom. The third-order valence-electron chi connectivity index (χ3n) is 5.05. The van der Waals surface area contributed by atoms with E-state index in [0.29, 0.717) is 5.92 Å². The number of para-hydroxylation sites is 2. The van der Waals surface area contributed by atoms with Crippen molar-refractivity contribution in [1.29, 1.82) is 0 Å². The van der Waals surface area contributed by atoms with Gasteiger partial charge in [-0.25, -0.2) is 9.97 Å². The van der Waals surface area contributed by atoms with E-state index in [1.807, 2.05) is 37.3 Å². The predicted molar refractivity (Wildman–Crippen MR) is 111 cm³/mol. The van der Waals surface area contributed by atoms with Crippen molar-refractivity contribution in [2.24, 2.45) is 0 Å². The molecule has 0 spiro atoms. The number of nitrogens with zero attached hydrogens (tertiary/aromatic N) is 5. The van der Waals surface area contributed by atoms with E-state index in [4.69, 9.17) is 9.97 Å². The summed E-state index contributed by atoms with van der Waals surface area (Å²) in [6.07, 6.45) is 2.43. The summed E-state index contributed by atoms with van der Waals surface area (Å²) in [6, 6.07) is 18.5. The lowest BCUT2D eigenvalue weighted by molar-refractivity contribution is 0.667. The standard InChI is InChI=1S/C22H21N5S/c1-15-20(24-19-10-6-5-9-18(19)23-15)14-28-22-26-25-21(17-11-12-17)27(22)13-16-7-3-2-4-8-16/h2-10,17H,11-14H2,1H3. The van der Waals surface area contributed by atoms with Gasteiger partial charge in [0.05, 0.1) is 29.0 Å². The van der Waals surface area contributed by atoms with Gasteiger partial charge in [-0.3, -0.25) is 0 Å². The van der Waals surface area contributed by atoms with Crippen LogP contribution in [-0.2, 0) is 12.3 Å². The summed E-state index contributed by atoms with van der Waals surface area (Å²) in [6.45, 7) is 2.84. The summed E-state index contributed by atoms with van der Waals surface area (Å²) in [7, 11) is 0. The van der Waals surface area contributed by atoms with E-state index < -0.39 is 0 Å². The fourth-order valence-corrected chi connectivity index (χ4v) is 4.31. The Kier molecular flexibility index (Phi) is 4.56. The molecule has 6 heteroatoms. The average Bonchev–Trinajstić information content (AvgIpc) is 3.49. The van der Waals surface area contributed by atoms with Gasteiger partial charge in [0.2, 0.25) is 0 Å². The number of aryl methyl sites for hydroxylation is 1. The molecule has 4 aromatic rings. The summed E-state index contributed by atoms with van der Waals surface area (Å²) < 4.78 is 2.28. The lowest BCUT2D eigenvalue weighted by atomic mass is 10.2. The molecule has 1 aliphatic carbocycles. The summed E-state index contributed by atoms with van der Waals surface area (Å²) in [5.74, 6) is 2.42. The maximum atomic E-state index is 4.82. The third-order valence-corrected chi connectivity index (χ3v) is 6.03. The quantitative estimate of drug-likeness (QED) is 0.447. The topological polar surface area (TPSA) is 56.5 Å². The second-order valence-electron chi connectivity index (χ2n) is 7.22. The Bertz CT molecular complexity index is 1120. The first-order valence-corrected chi connectivity index (χ1v) is 10.6. The van der Waals surface area contributed by atoms with E-state index in [1.54, 1.807) is 11.8 Å². The highest BCUT2D eigenvalue weighted by molar-refractivity contribution is 7.98. The van der Waals surface area contributed by atoms with Gasteiger partial charge in [0.15, 0.2) is 5.16 Å². The predicted octanol–water partition coefficient (Wildman–Crippen LogP) is 4.75. The molecule has 0 bridgehead atoms. The molecule has 0 saturated heterocycles. The first-order chi connectivity index (χ1) is 13.8. The molecule has 2 heterocycles. The van der Waals surface area contributed by atoms with Crippen LogP contribution in [0.1, 0.15) is 41.5 Å². The molecule has 0 radical (unpaired) electrons. The Balaban J connectivity index is 1.42. The monoisotopic (exact) mass is 387 g/mol. The Morgan fingerprint density at radius 2 is 1.64 bits per heavy atom. The van der Waals surface area contributed by atoms with Crippen LogP contribution in [0.15, 0.2) is 59.8 Å². The molecule has 2 aromatic heterocycles. The van der Waals surface area contributed by atoms with Gasteiger partial charge >= 0.3 is 0 Å². The second kappa shape index (κ2) is 7.36. The van der Waals surface area contributed by atoms with Crippen molar-refractivity contribution in [3.63, 3.8) is 0 Å². The number of thioether (sulfide) groups is 1. The van der Waals surface area contributed by atoms with Crippen LogP contribution >= 0.6 is 11.8 Å². The molecular formula is C22H21N5S. The number of rotatable bonds is 6. The minimum atomic E-state index is 0.563. The first-order valence-electron chi connectivity index (χ1n) is 9.60. The van der Waals surface area contributed by atoms with Gasteiger partial charge in [-0.1, -0.05) is 54.2 Å². The van der Waals surface area contributed by atoms with E-state index in [-0.39, 0.29) is 0 Å². The highest BCUT2D eigenvalue weighted by atomic mass is 32.2. The lowest BCUT2D eigenvalue weighted by Crippen LogP contribution is -2.06. The van der Waals surface area contributed by atoms with E-state index in [0.717, 1.165) is 45.7 Å². The first kappa shape index (κ1) is 17.4. The Hall–Kier alpha value is -2.73. The minimum absolute atomic E-state index is 0.563. The molecule has 1 saturated carbocycles. The van der Waals surface area contributed by atoms with Gasteiger partial charge in [-0.15, -0.1) is 10.2 Å². The second-order valence-corrected chi connectivity index (χ2v) is 8.16. The largest absolute Gasteiger partial charge is 0.301 e. The van der Waals surface area contributed by atoms with Crippen LogP contribution in [-0.4, -0.2) is 24.7 Å². The zero-order valence-corrected chi connectivity index (χ0v) is 16.6. The van der Waals surface area contributed by atoms with Gasteiger partial charge < -0.3 is 4.57 Å². The van der Waals surface area contributed by atoms with Crippen molar-refractivity contribution in [2.75, 3.05) is 0 Å². The van der Waals surface area contributed by atoms with Crippen LogP contribution in [0, 0.1) is 6.92 Å². The summed E-state index contributed by atoms with van der Waals surface area (Å²) in [5.41, 5.74) is 5.13. The smallest absolute Gasteiger partial charge is 0.191 e. The Labute approximate surface area is 168 Å². The zero-order chi connectivity index (χ0) is 18.9. The number of benzene rings is 2. The van der Waals surface area contributed by atoms with Crippen LogP contribution < -0.4 is 0 Å². The van der Waals surface area contributed by atoms with E-state index in [1.165, 1.54) is 18.4 Å². The maximum Gasteiger partial charge on any atom is 0.191 e. The van der Waals surface area contributed by atoms with Gasteiger partial charge in [0, 0.05) is 11.7 Å². The molecule has 5 nitrogen and oxygen atoms in total. The summed E-state index contributed by atoms with van der Waals surface area (Å²) >= 11 is 1.69. The number of aromatic nitrogens is 5. The molecule has 140 valence electrons. The van der Waals surface area contributed by atoms with E-state index in [2.05, 4.69) is 39.0 Å². The van der Waals surface area contributed by atoms with Gasteiger partial charge in [0.25, 0.3) is 0 Å². The normalized spacial score (nSPS) is 13.9. The number of fused-ring (bicyclic) bond motifs is 1. The van der Waals surface area contributed by atoms with Crippen LogP contribution in [0.2, 0.25) is 0 Å². The van der Waals surface area contributed by atoms with E-state index >= 15 is 0 Å². The molecule has 1 fully saturated rings. The summed E-state index contributed by atoms with van der Waals surface area (Å²) in [5, 5.41) is 9.98. The van der Waals surface area contributed by atoms with Crippen molar-refractivity contribution in [3.05, 3.63) is 77.4 Å². The minimum Gasteiger partial charge on any atom is -0.301 e. The molecule has 0 amide bonds. The van der Waals surface area contributed by atoms with Crippen molar-refractivity contribution < 1.29 is 0 Å². The van der Waals surface area contributed by atoms with Crippen LogP contribution in [0.25, 0.3) is 11.0 Å².